The van der Waals surface area contributed by atoms with E-state index in [0.29, 0.717) is 4.75 Å². The fraction of sp³-hybridized carbons (Fsp3) is 0.769. The molecule has 0 aliphatic carbocycles. The van der Waals surface area contributed by atoms with Crippen LogP contribution in [0.3, 0.4) is 0 Å². The van der Waals surface area contributed by atoms with Gasteiger partial charge in [0.15, 0.2) is 5.71 Å². The fourth-order valence-corrected chi connectivity index (χ4v) is 4.67. The molecule has 2 heterocycles. The molecule has 0 atom stereocenters. The highest BCUT2D eigenvalue weighted by Crippen LogP contribution is 2.43. The lowest BCUT2D eigenvalue weighted by atomic mass is 10.0. The summed E-state index contributed by atoms with van der Waals surface area (Å²) < 4.78 is 4.47. The lowest BCUT2D eigenvalue weighted by molar-refractivity contribution is -0.537. The summed E-state index contributed by atoms with van der Waals surface area (Å²) in [6, 6.07) is 0. The smallest absolute Gasteiger partial charge is 0.179 e. The van der Waals surface area contributed by atoms with Crippen LogP contribution < -0.4 is 0 Å². The Bertz CT molecular complexity index is 321. The van der Waals surface area contributed by atoms with E-state index >= 15 is 0 Å². The summed E-state index contributed by atoms with van der Waals surface area (Å²) in [5, 5.41) is 0. The van der Waals surface area contributed by atoms with Gasteiger partial charge in [-0.05, 0) is 26.5 Å². The lowest BCUT2D eigenvalue weighted by Crippen LogP contribution is -2.32. The summed E-state index contributed by atoms with van der Waals surface area (Å²) in [6.45, 7) is 7.28. The molecule has 0 bridgehead atoms. The summed E-state index contributed by atoms with van der Waals surface area (Å²) in [6.07, 6.45) is 10.0. The van der Waals surface area contributed by atoms with Crippen LogP contribution in [0.25, 0.3) is 0 Å². The van der Waals surface area contributed by atoms with Crippen LogP contribution in [-0.2, 0) is 0 Å². The first-order chi connectivity index (χ1) is 7.61. The van der Waals surface area contributed by atoms with Gasteiger partial charge in [0.1, 0.15) is 13.1 Å². The van der Waals surface area contributed by atoms with Gasteiger partial charge in [0, 0.05) is 34.3 Å². The molecule has 2 aliphatic heterocycles. The molecule has 0 radical (unpaired) electrons. The van der Waals surface area contributed by atoms with E-state index in [-0.39, 0.29) is 0 Å². The number of piperidine rings is 1. The Kier molecular flexibility index (Phi) is 4.06. The van der Waals surface area contributed by atoms with E-state index in [4.69, 9.17) is 0 Å². The van der Waals surface area contributed by atoms with Crippen molar-refractivity contribution in [2.24, 2.45) is 0 Å². The van der Waals surface area contributed by atoms with Gasteiger partial charge < -0.3 is 0 Å². The zero-order valence-electron chi connectivity index (χ0n) is 10.6. The third-order valence-electron chi connectivity index (χ3n) is 3.23. The van der Waals surface area contributed by atoms with Gasteiger partial charge in [0.05, 0.1) is 0 Å². The molecule has 1 saturated heterocycles. The van der Waals surface area contributed by atoms with Crippen molar-refractivity contribution in [3.05, 3.63) is 10.3 Å². The molecule has 2 rings (SSSR count). The average molecular weight is 256 g/mol. The Morgan fingerprint density at radius 2 is 1.94 bits per heavy atom. The van der Waals surface area contributed by atoms with Crippen LogP contribution in [0, 0.1) is 0 Å². The molecule has 0 saturated carbocycles. The monoisotopic (exact) mass is 256 g/mol. The molecule has 0 unspecified atom stereocenters. The minimum Gasteiger partial charge on any atom is -0.233 e. The zero-order chi connectivity index (χ0) is 11.6. The van der Waals surface area contributed by atoms with Crippen molar-refractivity contribution in [2.45, 2.75) is 44.3 Å². The number of thioether (sulfide) groups is 2. The third-order valence-corrected chi connectivity index (χ3v) is 5.52. The highest BCUT2D eigenvalue weighted by Gasteiger charge is 2.31. The molecule has 0 aromatic rings. The Morgan fingerprint density at radius 1 is 1.25 bits per heavy atom. The van der Waals surface area contributed by atoms with Crippen molar-refractivity contribution in [3.8, 4) is 0 Å². The van der Waals surface area contributed by atoms with E-state index in [2.05, 4.69) is 30.8 Å². The van der Waals surface area contributed by atoms with Gasteiger partial charge in [-0.15, -0.1) is 23.5 Å². The van der Waals surface area contributed by atoms with Crippen molar-refractivity contribution in [1.29, 1.82) is 0 Å². The first kappa shape index (κ1) is 12.6. The summed E-state index contributed by atoms with van der Waals surface area (Å²) in [7, 11) is 0. The normalized spacial score (nSPS) is 25.6. The van der Waals surface area contributed by atoms with E-state index in [1.54, 1.807) is 5.71 Å². The summed E-state index contributed by atoms with van der Waals surface area (Å²) in [5.41, 5.74) is 1.58. The second-order valence-electron chi connectivity index (χ2n) is 5.25. The molecule has 1 nitrogen and oxygen atoms in total. The van der Waals surface area contributed by atoms with Gasteiger partial charge in [-0.1, -0.05) is 0 Å². The third kappa shape index (κ3) is 3.07. The quantitative estimate of drug-likeness (QED) is 0.657. The second kappa shape index (κ2) is 5.18. The number of hydrogen-bond donors (Lipinski definition) is 0. The van der Waals surface area contributed by atoms with E-state index in [1.165, 1.54) is 43.0 Å². The van der Waals surface area contributed by atoms with Crippen molar-refractivity contribution in [3.63, 3.8) is 0 Å². The first-order valence-corrected chi connectivity index (χ1v) is 8.20. The molecule has 0 aromatic carbocycles. The van der Waals surface area contributed by atoms with Crippen molar-refractivity contribution < 1.29 is 4.58 Å². The average Bonchev–Trinajstić information content (AvgIpc) is 2.28. The molecule has 0 amide bonds. The van der Waals surface area contributed by atoms with Gasteiger partial charge in [0.25, 0.3) is 0 Å². The highest BCUT2D eigenvalue weighted by molar-refractivity contribution is 8.22. The SMILES string of the molecule is CSC1=CC(=[N+]2CCCCC2)CC(C)(C)S1. The number of hydrogen-bond acceptors (Lipinski definition) is 2. The maximum Gasteiger partial charge on any atom is 0.179 e. The Hall–Kier alpha value is 0.110. The molecule has 1 fully saturated rings. The van der Waals surface area contributed by atoms with E-state index in [1.807, 2.05) is 23.5 Å². The highest BCUT2D eigenvalue weighted by atomic mass is 32.2. The van der Waals surface area contributed by atoms with Gasteiger partial charge >= 0.3 is 0 Å². The molecule has 3 heteroatoms. The predicted molar refractivity (Wildman–Crippen MR) is 76.7 cm³/mol. The molecule has 16 heavy (non-hydrogen) atoms. The van der Waals surface area contributed by atoms with E-state index in [9.17, 15) is 0 Å². The Morgan fingerprint density at radius 3 is 2.56 bits per heavy atom. The van der Waals surface area contributed by atoms with Gasteiger partial charge in [-0.3, -0.25) is 0 Å². The van der Waals surface area contributed by atoms with Crippen LogP contribution in [0.4, 0.5) is 0 Å². The molecule has 0 N–H and O–H groups in total. The topological polar surface area (TPSA) is 3.01 Å². The van der Waals surface area contributed by atoms with Crippen molar-refractivity contribution in [1.82, 2.24) is 0 Å². The van der Waals surface area contributed by atoms with Crippen LogP contribution in [-0.4, -0.2) is 34.4 Å². The summed E-state index contributed by atoms with van der Waals surface area (Å²) in [5.74, 6) is 0. The van der Waals surface area contributed by atoms with Crippen LogP contribution in [0.2, 0.25) is 0 Å². The van der Waals surface area contributed by atoms with Gasteiger partial charge in [-0.2, -0.15) is 0 Å². The Balaban J connectivity index is 2.25. The van der Waals surface area contributed by atoms with Crippen LogP contribution in [0.1, 0.15) is 39.5 Å². The van der Waals surface area contributed by atoms with Crippen LogP contribution in [0.15, 0.2) is 10.3 Å². The van der Waals surface area contributed by atoms with E-state index < -0.39 is 0 Å². The molecule has 0 aromatic heterocycles. The fourth-order valence-electron chi connectivity index (χ4n) is 2.45. The minimum atomic E-state index is 0.375. The first-order valence-electron chi connectivity index (χ1n) is 6.16. The molecule has 2 aliphatic rings. The van der Waals surface area contributed by atoms with Gasteiger partial charge in [-0.25, -0.2) is 4.58 Å². The second-order valence-corrected chi connectivity index (χ2v) is 8.10. The van der Waals surface area contributed by atoms with Gasteiger partial charge in [0.2, 0.25) is 0 Å². The van der Waals surface area contributed by atoms with Crippen LogP contribution in [0.5, 0.6) is 0 Å². The summed E-state index contributed by atoms with van der Waals surface area (Å²) >= 11 is 3.93. The maximum absolute atomic E-state index is 2.61. The largest absolute Gasteiger partial charge is 0.233 e. The predicted octanol–water partition coefficient (Wildman–Crippen LogP) is 3.74. The van der Waals surface area contributed by atoms with E-state index in [0.717, 1.165) is 0 Å². The van der Waals surface area contributed by atoms with Crippen LogP contribution >= 0.6 is 23.5 Å². The standard InChI is InChI=1S/C13H22NS2/c1-13(2)10-11(9-12(15-3)16-13)14-7-5-4-6-8-14/h9H,4-8,10H2,1-3H3/q+1. The van der Waals surface area contributed by atoms with Crippen molar-refractivity contribution >= 4 is 29.2 Å². The number of nitrogens with zero attached hydrogens (tertiary/aromatic N) is 1. The molecule has 0 spiro atoms. The van der Waals surface area contributed by atoms with Crippen molar-refractivity contribution in [2.75, 3.05) is 19.3 Å². The molecular formula is C13H22NS2+. The maximum atomic E-state index is 2.61. The molecule has 90 valence electrons. The number of rotatable bonds is 1. The Labute approximate surface area is 108 Å². The lowest BCUT2D eigenvalue weighted by Gasteiger charge is -2.28. The summed E-state index contributed by atoms with van der Waals surface area (Å²) in [4.78, 5) is 0. The molecular weight excluding hydrogens is 234 g/mol. The zero-order valence-corrected chi connectivity index (χ0v) is 12.2. The minimum absolute atomic E-state index is 0.375. The number of allylic oxidation sites excluding steroid dienone is 1.